The van der Waals surface area contributed by atoms with Crippen molar-refractivity contribution >= 4 is 0 Å². The summed E-state index contributed by atoms with van der Waals surface area (Å²) in [6.07, 6.45) is 1.92. The van der Waals surface area contributed by atoms with Crippen molar-refractivity contribution in [3.05, 3.63) is 28.8 Å². The molecule has 3 nitrogen and oxygen atoms in total. The highest BCUT2D eigenvalue weighted by Gasteiger charge is 2.07. The zero-order chi connectivity index (χ0) is 13.5. The fourth-order valence-electron chi connectivity index (χ4n) is 2.34. The van der Waals surface area contributed by atoms with E-state index >= 15 is 0 Å². The topological polar surface area (TPSA) is 32.7 Å². The molecule has 0 aliphatic carbocycles. The van der Waals surface area contributed by atoms with Gasteiger partial charge in [0.25, 0.3) is 0 Å². The number of unbranched alkanes of at least 4 members (excludes halogenated alkanes) is 1. The average molecular weight is 251 g/mol. The summed E-state index contributed by atoms with van der Waals surface area (Å²) in [7, 11) is 3.84. The van der Waals surface area contributed by atoms with Crippen LogP contribution in [0.15, 0.2) is 12.1 Å². The number of rotatable bonds is 7. The summed E-state index contributed by atoms with van der Waals surface area (Å²) >= 11 is 0. The van der Waals surface area contributed by atoms with Crippen molar-refractivity contribution in [1.82, 2.24) is 4.90 Å². The third kappa shape index (κ3) is 4.31. The number of methoxy groups -OCH3 is 1. The Bertz CT molecular complexity index is 354. The number of nitrogens with zero attached hydrogens (tertiary/aromatic N) is 1. The van der Waals surface area contributed by atoms with E-state index in [4.69, 9.17) is 9.84 Å². The van der Waals surface area contributed by atoms with Crippen LogP contribution in [0.2, 0.25) is 0 Å². The van der Waals surface area contributed by atoms with Gasteiger partial charge in [0.05, 0.1) is 7.11 Å². The number of aliphatic hydroxyl groups excluding tert-OH is 1. The van der Waals surface area contributed by atoms with Crippen LogP contribution >= 0.6 is 0 Å². The molecule has 0 aliphatic heterocycles. The molecular formula is C15H25NO2. The van der Waals surface area contributed by atoms with Gasteiger partial charge in [0, 0.05) is 13.2 Å². The van der Waals surface area contributed by atoms with E-state index in [-0.39, 0.29) is 6.61 Å². The van der Waals surface area contributed by atoms with Crippen molar-refractivity contribution in [2.24, 2.45) is 0 Å². The van der Waals surface area contributed by atoms with Crippen LogP contribution in [0.25, 0.3) is 0 Å². The van der Waals surface area contributed by atoms with Crippen molar-refractivity contribution < 1.29 is 9.84 Å². The molecule has 0 spiro atoms. The maximum atomic E-state index is 8.77. The smallest absolute Gasteiger partial charge is 0.124 e. The Morgan fingerprint density at radius 3 is 2.28 bits per heavy atom. The van der Waals surface area contributed by atoms with E-state index in [1.807, 2.05) is 0 Å². The predicted molar refractivity (Wildman–Crippen MR) is 75.1 cm³/mol. The molecule has 0 atom stereocenters. The fourth-order valence-corrected chi connectivity index (χ4v) is 2.34. The highest BCUT2D eigenvalue weighted by Crippen LogP contribution is 2.24. The molecular weight excluding hydrogens is 226 g/mol. The Hall–Kier alpha value is -1.06. The minimum atomic E-state index is 0.286. The van der Waals surface area contributed by atoms with Gasteiger partial charge in [-0.05, 0) is 57.0 Å². The molecule has 3 heteroatoms. The summed E-state index contributed by atoms with van der Waals surface area (Å²) in [6.45, 7) is 6.42. The lowest BCUT2D eigenvalue weighted by Gasteiger charge is -2.18. The number of hydrogen-bond acceptors (Lipinski definition) is 3. The van der Waals surface area contributed by atoms with Gasteiger partial charge in [-0.3, -0.25) is 0 Å². The predicted octanol–water partition coefficient (Wildman–Crippen LogP) is 2.52. The second-order valence-electron chi connectivity index (χ2n) is 4.93. The van der Waals surface area contributed by atoms with Gasteiger partial charge in [0.15, 0.2) is 0 Å². The van der Waals surface area contributed by atoms with Crippen molar-refractivity contribution in [3.63, 3.8) is 0 Å². The molecule has 0 aliphatic rings. The van der Waals surface area contributed by atoms with Gasteiger partial charge in [-0.1, -0.05) is 12.1 Å². The Morgan fingerprint density at radius 1 is 1.17 bits per heavy atom. The Balaban J connectivity index is 2.62. The molecule has 0 heterocycles. The first-order valence-electron chi connectivity index (χ1n) is 6.52. The maximum absolute atomic E-state index is 8.77. The van der Waals surface area contributed by atoms with Crippen molar-refractivity contribution in [1.29, 1.82) is 0 Å². The van der Waals surface area contributed by atoms with Crippen LogP contribution in [-0.2, 0) is 6.54 Å². The van der Waals surface area contributed by atoms with E-state index in [1.54, 1.807) is 7.11 Å². The highest BCUT2D eigenvalue weighted by atomic mass is 16.5. The Labute approximate surface area is 110 Å². The van der Waals surface area contributed by atoms with Gasteiger partial charge in [0.2, 0.25) is 0 Å². The third-order valence-corrected chi connectivity index (χ3v) is 3.12. The normalized spacial score (nSPS) is 11.0. The molecule has 0 saturated heterocycles. The molecule has 1 N–H and O–H groups in total. The summed E-state index contributed by atoms with van der Waals surface area (Å²) in [4.78, 5) is 2.29. The van der Waals surface area contributed by atoms with Gasteiger partial charge in [-0.15, -0.1) is 0 Å². The standard InChI is InChI=1S/C15H25NO2/c1-12-9-14(10-13(2)15(12)18-4)11-16(3)7-5-6-8-17/h9-10,17H,5-8,11H2,1-4H3. The van der Waals surface area contributed by atoms with Crippen LogP contribution in [0.1, 0.15) is 29.5 Å². The quantitative estimate of drug-likeness (QED) is 0.756. The summed E-state index contributed by atoms with van der Waals surface area (Å²) < 4.78 is 5.37. The molecule has 18 heavy (non-hydrogen) atoms. The average Bonchev–Trinajstić information content (AvgIpc) is 2.29. The first-order chi connectivity index (χ1) is 8.58. The minimum Gasteiger partial charge on any atom is -0.496 e. The SMILES string of the molecule is COc1c(C)cc(CN(C)CCCCO)cc1C. The van der Waals surface area contributed by atoms with Crippen molar-refractivity contribution in [2.45, 2.75) is 33.2 Å². The van der Waals surface area contributed by atoms with Crippen LogP contribution in [0.5, 0.6) is 5.75 Å². The van der Waals surface area contributed by atoms with Gasteiger partial charge < -0.3 is 14.7 Å². The molecule has 1 rings (SSSR count). The van der Waals surface area contributed by atoms with Gasteiger partial charge in [0.1, 0.15) is 5.75 Å². The number of aliphatic hydroxyl groups is 1. The van der Waals surface area contributed by atoms with Gasteiger partial charge in [-0.25, -0.2) is 0 Å². The lowest BCUT2D eigenvalue weighted by atomic mass is 10.1. The first kappa shape index (κ1) is 15.0. The van der Waals surface area contributed by atoms with Crippen LogP contribution in [0.3, 0.4) is 0 Å². The number of benzene rings is 1. The summed E-state index contributed by atoms with van der Waals surface area (Å²) in [6, 6.07) is 4.38. The zero-order valence-corrected chi connectivity index (χ0v) is 12.0. The third-order valence-electron chi connectivity index (χ3n) is 3.12. The lowest BCUT2D eigenvalue weighted by molar-refractivity contribution is 0.261. The molecule has 0 fully saturated rings. The maximum Gasteiger partial charge on any atom is 0.124 e. The molecule has 0 bridgehead atoms. The molecule has 0 amide bonds. The Morgan fingerprint density at radius 2 is 1.78 bits per heavy atom. The molecule has 0 aromatic heterocycles. The van der Waals surface area contributed by atoms with Crippen LogP contribution in [0, 0.1) is 13.8 Å². The molecule has 0 saturated carbocycles. The van der Waals surface area contributed by atoms with E-state index in [2.05, 4.69) is 37.9 Å². The first-order valence-corrected chi connectivity index (χ1v) is 6.52. The monoisotopic (exact) mass is 251 g/mol. The molecule has 0 unspecified atom stereocenters. The fraction of sp³-hybridized carbons (Fsp3) is 0.600. The molecule has 0 radical (unpaired) electrons. The van der Waals surface area contributed by atoms with E-state index in [0.717, 1.165) is 31.7 Å². The minimum absolute atomic E-state index is 0.286. The zero-order valence-electron chi connectivity index (χ0n) is 12.0. The van der Waals surface area contributed by atoms with E-state index in [9.17, 15) is 0 Å². The molecule has 102 valence electrons. The molecule has 1 aromatic rings. The summed E-state index contributed by atoms with van der Waals surface area (Å²) in [5.41, 5.74) is 3.70. The number of hydrogen-bond donors (Lipinski definition) is 1. The number of aryl methyl sites for hydroxylation is 2. The van der Waals surface area contributed by atoms with E-state index in [1.165, 1.54) is 16.7 Å². The van der Waals surface area contributed by atoms with Crippen molar-refractivity contribution in [3.8, 4) is 5.75 Å². The second-order valence-corrected chi connectivity index (χ2v) is 4.93. The Kier molecular flexibility index (Phi) is 6.16. The van der Waals surface area contributed by atoms with Crippen molar-refractivity contribution in [2.75, 3.05) is 27.3 Å². The van der Waals surface area contributed by atoms with Crippen LogP contribution < -0.4 is 4.74 Å². The van der Waals surface area contributed by atoms with E-state index in [0.29, 0.717) is 0 Å². The largest absolute Gasteiger partial charge is 0.496 e. The van der Waals surface area contributed by atoms with Gasteiger partial charge in [-0.2, -0.15) is 0 Å². The lowest BCUT2D eigenvalue weighted by Crippen LogP contribution is -2.19. The number of ether oxygens (including phenoxy) is 1. The van der Waals surface area contributed by atoms with E-state index < -0.39 is 0 Å². The molecule has 1 aromatic carbocycles. The van der Waals surface area contributed by atoms with Gasteiger partial charge >= 0.3 is 0 Å². The van der Waals surface area contributed by atoms with Crippen LogP contribution in [-0.4, -0.2) is 37.3 Å². The highest BCUT2D eigenvalue weighted by molar-refractivity contribution is 5.43. The summed E-state index contributed by atoms with van der Waals surface area (Å²) in [5, 5.41) is 8.77. The van der Waals surface area contributed by atoms with Crippen LogP contribution in [0.4, 0.5) is 0 Å². The summed E-state index contributed by atoms with van der Waals surface area (Å²) in [5.74, 6) is 0.988. The second kappa shape index (κ2) is 7.39.